The third-order valence-corrected chi connectivity index (χ3v) is 13.7. The predicted molar refractivity (Wildman–Crippen MR) is 267 cm³/mol. The molecular formula is C61H41NO2. The Morgan fingerprint density at radius 1 is 0.359 bits per heavy atom. The van der Waals surface area contributed by atoms with Crippen molar-refractivity contribution in [1.29, 1.82) is 0 Å². The first-order chi connectivity index (χ1) is 31.5. The van der Waals surface area contributed by atoms with Gasteiger partial charge in [-0.2, -0.15) is 0 Å². The van der Waals surface area contributed by atoms with Gasteiger partial charge in [-0.25, -0.2) is 0 Å². The molecule has 0 fully saturated rings. The maximum Gasteiger partial charge on any atom is 0.159 e. The van der Waals surface area contributed by atoms with E-state index >= 15 is 0 Å². The number of anilines is 3. The molecule has 13 rings (SSSR count). The van der Waals surface area contributed by atoms with Crippen LogP contribution in [0.4, 0.5) is 17.1 Å². The number of fused-ring (bicyclic) bond motifs is 10. The maximum atomic E-state index is 7.34. The molecular weight excluding hydrogens is 779 g/mol. The Kier molecular flexibility index (Phi) is 7.95. The zero-order valence-electron chi connectivity index (χ0n) is 35.5. The molecule has 0 aliphatic heterocycles. The summed E-state index contributed by atoms with van der Waals surface area (Å²) in [5.74, 6) is 0. The van der Waals surface area contributed by atoms with E-state index in [1.807, 2.05) is 12.1 Å². The van der Waals surface area contributed by atoms with Crippen LogP contribution < -0.4 is 4.90 Å². The van der Waals surface area contributed by atoms with Crippen molar-refractivity contribution in [2.45, 2.75) is 19.3 Å². The summed E-state index contributed by atoms with van der Waals surface area (Å²) in [4.78, 5) is 2.33. The molecule has 302 valence electrons. The number of nitrogens with zero attached hydrogens (tertiary/aromatic N) is 1. The van der Waals surface area contributed by atoms with Gasteiger partial charge in [0.2, 0.25) is 0 Å². The smallest absolute Gasteiger partial charge is 0.159 e. The first kappa shape index (κ1) is 36.5. The van der Waals surface area contributed by atoms with Crippen LogP contribution in [0.1, 0.15) is 25.0 Å². The third kappa shape index (κ3) is 5.47. The average Bonchev–Trinajstić information content (AvgIpc) is 3.99. The molecule has 1 aliphatic carbocycles. The van der Waals surface area contributed by atoms with Gasteiger partial charge in [-0.1, -0.05) is 178 Å². The van der Waals surface area contributed by atoms with Crippen LogP contribution in [-0.2, 0) is 5.41 Å². The van der Waals surface area contributed by atoms with Gasteiger partial charge in [-0.3, -0.25) is 0 Å². The summed E-state index contributed by atoms with van der Waals surface area (Å²) in [6.07, 6.45) is 0. The molecule has 0 amide bonds. The Bertz CT molecular complexity index is 3800. The summed E-state index contributed by atoms with van der Waals surface area (Å²) in [5.41, 5.74) is 18.5. The Morgan fingerprint density at radius 2 is 0.953 bits per heavy atom. The highest BCUT2D eigenvalue weighted by atomic mass is 16.3. The number of para-hydroxylation sites is 3. The Hall–Kier alpha value is -8.14. The molecule has 0 saturated carbocycles. The van der Waals surface area contributed by atoms with E-state index in [-0.39, 0.29) is 5.41 Å². The summed E-state index contributed by atoms with van der Waals surface area (Å²) in [7, 11) is 0. The maximum absolute atomic E-state index is 7.34. The molecule has 3 heteroatoms. The third-order valence-electron chi connectivity index (χ3n) is 13.7. The van der Waals surface area contributed by atoms with Crippen molar-refractivity contribution in [2.75, 3.05) is 4.90 Å². The van der Waals surface area contributed by atoms with Crippen LogP contribution in [0.3, 0.4) is 0 Å². The molecule has 1 aliphatic rings. The van der Waals surface area contributed by atoms with Crippen LogP contribution in [-0.4, -0.2) is 0 Å². The average molecular weight is 820 g/mol. The lowest BCUT2D eigenvalue weighted by molar-refractivity contribution is 0.660. The lowest BCUT2D eigenvalue weighted by Crippen LogP contribution is -2.14. The monoisotopic (exact) mass is 819 g/mol. The number of furan rings is 2. The van der Waals surface area contributed by atoms with Crippen molar-refractivity contribution in [3.05, 3.63) is 223 Å². The second kappa shape index (κ2) is 13.9. The van der Waals surface area contributed by atoms with Crippen molar-refractivity contribution in [2.24, 2.45) is 0 Å². The van der Waals surface area contributed by atoms with Crippen LogP contribution in [0.25, 0.3) is 99.2 Å². The minimum atomic E-state index is -0.128. The topological polar surface area (TPSA) is 29.5 Å². The predicted octanol–water partition coefficient (Wildman–Crippen LogP) is 17.4. The molecule has 64 heavy (non-hydrogen) atoms. The molecule has 2 aromatic heterocycles. The normalized spacial score (nSPS) is 13.0. The summed E-state index contributed by atoms with van der Waals surface area (Å²) in [6.45, 7) is 4.70. The van der Waals surface area contributed by atoms with Crippen LogP contribution in [0.2, 0.25) is 0 Å². The minimum Gasteiger partial charge on any atom is -0.455 e. The van der Waals surface area contributed by atoms with Gasteiger partial charge < -0.3 is 13.7 Å². The van der Waals surface area contributed by atoms with E-state index in [2.05, 4.69) is 219 Å². The van der Waals surface area contributed by atoms with Gasteiger partial charge in [0.25, 0.3) is 0 Å². The van der Waals surface area contributed by atoms with Gasteiger partial charge >= 0.3 is 0 Å². The first-order valence-electron chi connectivity index (χ1n) is 22.1. The summed E-state index contributed by atoms with van der Waals surface area (Å²) >= 11 is 0. The molecule has 0 bridgehead atoms. The molecule has 0 saturated heterocycles. The second-order valence-corrected chi connectivity index (χ2v) is 17.6. The van der Waals surface area contributed by atoms with Crippen LogP contribution in [0.5, 0.6) is 0 Å². The SMILES string of the molecule is CC1(C)c2ccccc2-c2ccc(-c3c4ccccc4cc4c3oc3c(N(c5ccc(-c6ccccc6)cc5)c5ccc(-c6cccc7c6oc6ccccc67)cc5)cccc34)cc21. The van der Waals surface area contributed by atoms with Gasteiger partial charge in [0.15, 0.2) is 5.58 Å². The van der Waals surface area contributed by atoms with Crippen molar-refractivity contribution < 1.29 is 8.83 Å². The van der Waals surface area contributed by atoms with Gasteiger partial charge in [0.05, 0.1) is 5.69 Å². The van der Waals surface area contributed by atoms with Gasteiger partial charge in [0.1, 0.15) is 16.7 Å². The highest BCUT2D eigenvalue weighted by Gasteiger charge is 2.35. The summed E-state index contributed by atoms with van der Waals surface area (Å²) in [6, 6.07) is 76.4. The van der Waals surface area contributed by atoms with E-state index < -0.39 is 0 Å². The lowest BCUT2D eigenvalue weighted by Gasteiger charge is -2.26. The molecule has 0 N–H and O–H groups in total. The molecule has 0 spiro atoms. The van der Waals surface area contributed by atoms with Gasteiger partial charge in [-0.05, 0) is 104 Å². The fraction of sp³-hybridized carbons (Fsp3) is 0.0492. The Labute approximate surface area is 371 Å². The molecule has 10 aromatic carbocycles. The van der Waals surface area contributed by atoms with Crippen molar-refractivity contribution >= 4 is 71.7 Å². The number of rotatable bonds is 6. The largest absolute Gasteiger partial charge is 0.455 e. The minimum absolute atomic E-state index is 0.128. The number of benzene rings is 10. The molecule has 2 heterocycles. The van der Waals surface area contributed by atoms with E-state index in [0.29, 0.717) is 0 Å². The van der Waals surface area contributed by atoms with Crippen molar-refractivity contribution in [3.8, 4) is 44.5 Å². The molecule has 3 nitrogen and oxygen atoms in total. The number of hydrogen-bond donors (Lipinski definition) is 0. The quantitative estimate of drug-likeness (QED) is 0.167. The van der Waals surface area contributed by atoms with Crippen LogP contribution in [0.15, 0.2) is 221 Å². The van der Waals surface area contributed by atoms with E-state index in [1.165, 1.54) is 38.6 Å². The second-order valence-electron chi connectivity index (χ2n) is 17.6. The first-order valence-corrected chi connectivity index (χ1v) is 22.1. The van der Waals surface area contributed by atoms with E-state index in [1.54, 1.807) is 0 Å². The highest BCUT2D eigenvalue weighted by Crippen LogP contribution is 2.52. The van der Waals surface area contributed by atoms with E-state index in [4.69, 9.17) is 8.83 Å². The van der Waals surface area contributed by atoms with Crippen LogP contribution >= 0.6 is 0 Å². The van der Waals surface area contributed by atoms with Gasteiger partial charge in [0, 0.05) is 49.5 Å². The highest BCUT2D eigenvalue weighted by molar-refractivity contribution is 6.20. The zero-order valence-corrected chi connectivity index (χ0v) is 35.5. The molecule has 12 aromatic rings. The Morgan fingerprint density at radius 3 is 1.77 bits per heavy atom. The Balaban J connectivity index is 1.00. The fourth-order valence-electron chi connectivity index (χ4n) is 10.5. The molecule has 0 atom stereocenters. The zero-order chi connectivity index (χ0) is 42.5. The molecule has 0 radical (unpaired) electrons. The summed E-state index contributed by atoms with van der Waals surface area (Å²) < 4.78 is 13.8. The fourth-order valence-corrected chi connectivity index (χ4v) is 10.5. The number of hydrogen-bond acceptors (Lipinski definition) is 3. The van der Waals surface area contributed by atoms with Crippen molar-refractivity contribution in [3.63, 3.8) is 0 Å². The van der Waals surface area contributed by atoms with E-state index in [0.717, 1.165) is 88.8 Å². The van der Waals surface area contributed by atoms with Crippen molar-refractivity contribution in [1.82, 2.24) is 0 Å². The van der Waals surface area contributed by atoms with Crippen LogP contribution in [0, 0.1) is 0 Å². The molecule has 0 unspecified atom stereocenters. The van der Waals surface area contributed by atoms with Gasteiger partial charge in [-0.15, -0.1) is 0 Å². The lowest BCUT2D eigenvalue weighted by atomic mass is 9.81. The standard InChI is InChI=1S/C61H41NO2/c1-61(2)53-23-10-8-18-47(53)48-35-30-42(37-54(48)61)57-45-17-7-6-16-41(45)36-52-51-22-13-24-55(59(51)64-60(52)57)62(43-31-26-39(27-32-43)38-14-4-3-5-15-38)44-33-28-40(29-34-44)46-20-12-21-50-49-19-9-11-25-56(49)63-58(46)50/h3-37H,1-2H3. The van der Waals surface area contributed by atoms with E-state index in [9.17, 15) is 0 Å². The summed E-state index contributed by atoms with van der Waals surface area (Å²) in [5, 5.41) is 6.78.